The number of nitrogens with one attached hydrogen (secondary N) is 1. The van der Waals surface area contributed by atoms with Crippen molar-refractivity contribution in [1.29, 1.82) is 0 Å². The van der Waals surface area contributed by atoms with Gasteiger partial charge in [-0.15, -0.1) is 0 Å². The maximum absolute atomic E-state index is 13.9. The molecule has 0 saturated carbocycles. The minimum Gasteiger partial charge on any atom is -0.481 e. The third kappa shape index (κ3) is 4.38. The van der Waals surface area contributed by atoms with E-state index in [1.165, 1.54) is 24.4 Å². The van der Waals surface area contributed by atoms with E-state index in [0.29, 0.717) is 10.8 Å². The minimum absolute atomic E-state index is 0.0460. The van der Waals surface area contributed by atoms with Crippen LogP contribution in [0.25, 0.3) is 10.8 Å². The number of ether oxygens (including phenoxy) is 1. The number of carboxylic acids is 1. The number of carbonyl (C=O) groups excluding carboxylic acids is 1. The topological polar surface area (TPSA) is 88.5 Å². The lowest BCUT2D eigenvalue weighted by atomic mass is 10.0. The molecule has 0 fully saturated rings. The Kier molecular flexibility index (Phi) is 4.49. The first-order chi connectivity index (χ1) is 10.7. The van der Waals surface area contributed by atoms with Gasteiger partial charge in [-0.2, -0.15) is 0 Å². The van der Waals surface area contributed by atoms with Gasteiger partial charge in [0.2, 0.25) is 0 Å². The van der Waals surface area contributed by atoms with E-state index in [2.05, 4.69) is 10.3 Å². The second-order valence-corrected chi connectivity index (χ2v) is 6.01. The van der Waals surface area contributed by atoms with Crippen LogP contribution in [0.15, 0.2) is 24.4 Å². The molecule has 122 valence electrons. The largest absolute Gasteiger partial charge is 0.481 e. The lowest BCUT2D eigenvalue weighted by Gasteiger charge is -2.19. The quantitative estimate of drug-likeness (QED) is 0.905. The summed E-state index contributed by atoms with van der Waals surface area (Å²) in [7, 11) is 0. The first kappa shape index (κ1) is 16.7. The Balaban J connectivity index is 2.37. The lowest BCUT2D eigenvalue weighted by molar-refractivity contribution is -0.136. The molecule has 7 heteroatoms. The Morgan fingerprint density at radius 1 is 1.35 bits per heavy atom. The summed E-state index contributed by atoms with van der Waals surface area (Å²) >= 11 is 0. The molecule has 0 aliphatic rings. The number of hydrogen-bond donors (Lipinski definition) is 2. The molecule has 0 radical (unpaired) electrons. The normalized spacial score (nSPS) is 11.3. The van der Waals surface area contributed by atoms with Crippen molar-refractivity contribution in [2.75, 3.05) is 5.32 Å². The Morgan fingerprint density at radius 3 is 2.65 bits per heavy atom. The standard InChI is InChI=1S/C16H17FN2O4/c1-16(2,3)23-15(22)19-13-6-10-9(8-18-13)4-5-12(17)11(10)7-14(20)21/h4-6,8H,7H2,1-3H3,(H,20,21)(H,18,19,22). The van der Waals surface area contributed by atoms with E-state index in [4.69, 9.17) is 9.84 Å². The molecule has 0 unspecified atom stereocenters. The number of rotatable bonds is 3. The summed E-state index contributed by atoms with van der Waals surface area (Å²) in [5, 5.41) is 12.3. The lowest BCUT2D eigenvalue weighted by Crippen LogP contribution is -2.27. The molecule has 2 rings (SSSR count). The van der Waals surface area contributed by atoms with Crippen LogP contribution >= 0.6 is 0 Å². The third-order valence-electron chi connectivity index (χ3n) is 2.91. The molecule has 6 nitrogen and oxygen atoms in total. The van der Waals surface area contributed by atoms with Crippen molar-refractivity contribution in [2.24, 2.45) is 0 Å². The molecule has 0 aliphatic carbocycles. The number of carboxylic acid groups (broad SMARTS) is 1. The van der Waals surface area contributed by atoms with E-state index in [-0.39, 0.29) is 11.4 Å². The van der Waals surface area contributed by atoms with E-state index < -0.39 is 29.9 Å². The molecule has 1 aromatic heterocycles. The molecule has 1 heterocycles. The fourth-order valence-corrected chi connectivity index (χ4v) is 2.06. The van der Waals surface area contributed by atoms with Crippen molar-refractivity contribution >= 4 is 28.7 Å². The highest BCUT2D eigenvalue weighted by molar-refractivity contribution is 5.92. The van der Waals surface area contributed by atoms with Crippen molar-refractivity contribution in [1.82, 2.24) is 4.98 Å². The van der Waals surface area contributed by atoms with E-state index in [9.17, 15) is 14.0 Å². The highest BCUT2D eigenvalue weighted by atomic mass is 19.1. The fraction of sp³-hybridized carbons (Fsp3) is 0.312. The summed E-state index contributed by atoms with van der Waals surface area (Å²) in [4.78, 5) is 26.7. The molecule has 23 heavy (non-hydrogen) atoms. The number of halogens is 1. The minimum atomic E-state index is -1.14. The summed E-state index contributed by atoms with van der Waals surface area (Å²) in [6, 6.07) is 4.13. The number of aromatic nitrogens is 1. The molecule has 0 spiro atoms. The second kappa shape index (κ2) is 6.20. The van der Waals surface area contributed by atoms with Gasteiger partial charge in [-0.05, 0) is 44.4 Å². The average Bonchev–Trinajstić information content (AvgIpc) is 2.39. The average molecular weight is 320 g/mol. The van der Waals surface area contributed by atoms with E-state index in [1.807, 2.05) is 0 Å². The van der Waals surface area contributed by atoms with E-state index in [1.54, 1.807) is 20.8 Å². The number of amides is 1. The van der Waals surface area contributed by atoms with E-state index in [0.717, 1.165) is 0 Å². The Morgan fingerprint density at radius 2 is 2.04 bits per heavy atom. The number of anilines is 1. The van der Waals surface area contributed by atoms with Crippen LogP contribution in [0, 0.1) is 5.82 Å². The molecule has 0 saturated heterocycles. The Bertz CT molecular complexity index is 768. The highest BCUT2D eigenvalue weighted by Crippen LogP contribution is 2.24. The number of nitrogens with zero attached hydrogens (tertiary/aromatic N) is 1. The molecule has 1 amide bonds. The van der Waals surface area contributed by atoms with Gasteiger partial charge in [0.05, 0.1) is 6.42 Å². The third-order valence-corrected chi connectivity index (χ3v) is 2.91. The molecule has 0 aliphatic heterocycles. The molecule has 1 aromatic carbocycles. The maximum Gasteiger partial charge on any atom is 0.413 e. The van der Waals surface area contributed by atoms with Crippen molar-refractivity contribution < 1.29 is 23.8 Å². The molecular weight excluding hydrogens is 303 g/mol. The number of carbonyl (C=O) groups is 2. The van der Waals surface area contributed by atoms with Gasteiger partial charge in [-0.25, -0.2) is 14.2 Å². The highest BCUT2D eigenvalue weighted by Gasteiger charge is 2.17. The van der Waals surface area contributed by atoms with Crippen molar-refractivity contribution in [3.8, 4) is 0 Å². The SMILES string of the molecule is CC(C)(C)OC(=O)Nc1cc2c(CC(=O)O)c(F)ccc2cn1. The molecule has 2 aromatic rings. The number of benzene rings is 1. The summed E-state index contributed by atoms with van der Waals surface area (Å²) < 4.78 is 19.0. The van der Waals surface area contributed by atoms with Crippen LogP contribution in [-0.4, -0.2) is 27.8 Å². The van der Waals surface area contributed by atoms with Crippen molar-refractivity contribution in [3.05, 3.63) is 35.8 Å². The smallest absolute Gasteiger partial charge is 0.413 e. The van der Waals surface area contributed by atoms with Crippen molar-refractivity contribution in [2.45, 2.75) is 32.8 Å². The number of pyridine rings is 1. The van der Waals surface area contributed by atoms with Gasteiger partial charge in [0.15, 0.2) is 0 Å². The zero-order chi connectivity index (χ0) is 17.2. The predicted molar refractivity (Wildman–Crippen MR) is 82.9 cm³/mol. The van der Waals surface area contributed by atoms with Gasteiger partial charge >= 0.3 is 12.1 Å². The number of aliphatic carboxylic acids is 1. The molecule has 0 atom stereocenters. The first-order valence-electron chi connectivity index (χ1n) is 6.94. The van der Waals surface area contributed by atoms with Gasteiger partial charge in [0, 0.05) is 17.1 Å². The zero-order valence-electron chi connectivity index (χ0n) is 13.0. The van der Waals surface area contributed by atoms with Crippen LogP contribution in [0.1, 0.15) is 26.3 Å². The van der Waals surface area contributed by atoms with Gasteiger partial charge in [0.1, 0.15) is 17.2 Å². The van der Waals surface area contributed by atoms with Crippen LogP contribution in [0.5, 0.6) is 0 Å². The molecular formula is C16H17FN2O4. The molecule has 2 N–H and O–H groups in total. The Hall–Kier alpha value is -2.70. The molecule has 0 bridgehead atoms. The summed E-state index contributed by atoms with van der Waals surface area (Å²) in [6.07, 6.45) is 0.284. The second-order valence-electron chi connectivity index (χ2n) is 6.01. The van der Waals surface area contributed by atoms with Crippen LogP contribution in [0.3, 0.4) is 0 Å². The van der Waals surface area contributed by atoms with Crippen LogP contribution in [0.4, 0.5) is 15.0 Å². The van der Waals surface area contributed by atoms with Gasteiger partial charge < -0.3 is 9.84 Å². The van der Waals surface area contributed by atoms with Gasteiger partial charge in [-0.3, -0.25) is 10.1 Å². The van der Waals surface area contributed by atoms with Crippen LogP contribution < -0.4 is 5.32 Å². The van der Waals surface area contributed by atoms with Crippen LogP contribution in [0.2, 0.25) is 0 Å². The monoisotopic (exact) mass is 320 g/mol. The number of fused-ring (bicyclic) bond motifs is 1. The number of hydrogen-bond acceptors (Lipinski definition) is 4. The summed E-state index contributed by atoms with van der Waals surface area (Å²) in [5.74, 6) is -1.60. The first-order valence-corrected chi connectivity index (χ1v) is 6.94. The summed E-state index contributed by atoms with van der Waals surface area (Å²) in [6.45, 7) is 5.17. The van der Waals surface area contributed by atoms with Crippen molar-refractivity contribution in [3.63, 3.8) is 0 Å². The van der Waals surface area contributed by atoms with E-state index >= 15 is 0 Å². The fourth-order valence-electron chi connectivity index (χ4n) is 2.06. The predicted octanol–water partition coefficient (Wildman–Crippen LogP) is 3.35. The Labute approximate surface area is 132 Å². The zero-order valence-corrected chi connectivity index (χ0v) is 13.0. The van der Waals surface area contributed by atoms with Gasteiger partial charge in [0.25, 0.3) is 0 Å². The summed E-state index contributed by atoms with van der Waals surface area (Å²) in [5.41, 5.74) is -0.619. The maximum atomic E-state index is 13.9. The van der Waals surface area contributed by atoms with Gasteiger partial charge in [-0.1, -0.05) is 0 Å². The van der Waals surface area contributed by atoms with Crippen LogP contribution in [-0.2, 0) is 16.0 Å².